The number of nitrogen functional groups attached to an aromatic ring is 1. The van der Waals surface area contributed by atoms with Gasteiger partial charge in [-0.25, -0.2) is 10.8 Å². The topological polar surface area (TPSA) is 66.2 Å². The number of hydrogen-bond acceptors (Lipinski definition) is 5. The van der Waals surface area contributed by atoms with Crippen molar-refractivity contribution >= 4 is 11.6 Å². The summed E-state index contributed by atoms with van der Waals surface area (Å²) < 4.78 is 0. The van der Waals surface area contributed by atoms with Gasteiger partial charge >= 0.3 is 0 Å². The summed E-state index contributed by atoms with van der Waals surface area (Å²) in [4.78, 5) is 6.81. The van der Waals surface area contributed by atoms with Crippen molar-refractivity contribution in [2.75, 3.05) is 36.9 Å². The van der Waals surface area contributed by atoms with E-state index in [2.05, 4.69) is 27.6 Å². The van der Waals surface area contributed by atoms with Crippen LogP contribution in [0.3, 0.4) is 0 Å². The van der Waals surface area contributed by atoms with E-state index in [4.69, 9.17) is 5.84 Å². The number of hydrazine groups is 1. The maximum atomic E-state index is 5.33. The summed E-state index contributed by atoms with van der Waals surface area (Å²) in [6.07, 6.45) is 1.27. The number of hydrogen-bond donors (Lipinski definition) is 3. The van der Waals surface area contributed by atoms with E-state index in [1.54, 1.807) is 0 Å². The largest absolute Gasteiger partial charge is 0.370 e. The molecular formula is C12H21N5. The lowest BCUT2D eigenvalue weighted by molar-refractivity contribution is 0.345. The molecule has 1 saturated heterocycles. The van der Waals surface area contributed by atoms with Crippen molar-refractivity contribution in [3.63, 3.8) is 0 Å². The lowest BCUT2D eigenvalue weighted by atomic mass is 10.1. The van der Waals surface area contributed by atoms with E-state index in [0.717, 1.165) is 24.8 Å². The molecule has 0 aromatic carbocycles. The Bertz CT molecular complexity index is 355. The third-order valence-electron chi connectivity index (χ3n) is 3.29. The first kappa shape index (κ1) is 12.1. The number of anilines is 2. The Labute approximate surface area is 102 Å². The molecule has 5 heteroatoms. The smallest absolute Gasteiger partial charge is 0.142 e. The van der Waals surface area contributed by atoms with Gasteiger partial charge in [-0.1, -0.05) is 13.0 Å². The van der Waals surface area contributed by atoms with Gasteiger partial charge in [0, 0.05) is 13.1 Å². The van der Waals surface area contributed by atoms with Crippen molar-refractivity contribution in [2.45, 2.75) is 13.3 Å². The molecule has 0 spiro atoms. The Morgan fingerprint density at radius 1 is 1.47 bits per heavy atom. The molecule has 1 atom stereocenters. The minimum Gasteiger partial charge on any atom is -0.370 e. The van der Waals surface area contributed by atoms with E-state index in [-0.39, 0.29) is 0 Å². The van der Waals surface area contributed by atoms with E-state index in [9.17, 15) is 0 Å². The minimum absolute atomic E-state index is 0.691. The summed E-state index contributed by atoms with van der Waals surface area (Å²) in [6, 6.07) is 5.75. The van der Waals surface area contributed by atoms with E-state index in [1.807, 2.05) is 18.2 Å². The summed E-state index contributed by atoms with van der Waals surface area (Å²) in [5.74, 6) is 7.63. The first-order valence-electron chi connectivity index (χ1n) is 6.21. The highest BCUT2D eigenvalue weighted by molar-refractivity contribution is 5.44. The molecule has 1 aliphatic heterocycles. The van der Waals surface area contributed by atoms with Gasteiger partial charge in [0.15, 0.2) is 0 Å². The molecule has 0 radical (unpaired) electrons. The summed E-state index contributed by atoms with van der Waals surface area (Å²) in [6.45, 7) is 6.77. The summed E-state index contributed by atoms with van der Waals surface area (Å²) >= 11 is 0. The third-order valence-corrected chi connectivity index (χ3v) is 3.29. The van der Waals surface area contributed by atoms with Crippen LogP contribution in [-0.4, -0.2) is 36.1 Å². The zero-order valence-corrected chi connectivity index (χ0v) is 10.3. The fourth-order valence-corrected chi connectivity index (χ4v) is 2.23. The lowest BCUT2D eigenvalue weighted by Gasteiger charge is -2.14. The van der Waals surface area contributed by atoms with Crippen molar-refractivity contribution in [1.82, 2.24) is 9.88 Å². The lowest BCUT2D eigenvalue weighted by Crippen LogP contribution is -2.22. The molecule has 0 saturated carbocycles. The van der Waals surface area contributed by atoms with E-state index < -0.39 is 0 Å². The van der Waals surface area contributed by atoms with E-state index >= 15 is 0 Å². The highest BCUT2D eigenvalue weighted by atomic mass is 15.3. The quantitative estimate of drug-likeness (QED) is 0.527. The van der Waals surface area contributed by atoms with Gasteiger partial charge in [0.1, 0.15) is 11.6 Å². The van der Waals surface area contributed by atoms with E-state index in [0.29, 0.717) is 5.82 Å². The molecule has 1 aromatic heterocycles. The third kappa shape index (κ3) is 3.31. The van der Waals surface area contributed by atoms with Crippen molar-refractivity contribution in [3.8, 4) is 0 Å². The first-order chi connectivity index (χ1) is 8.31. The first-order valence-corrected chi connectivity index (χ1v) is 6.21. The molecule has 1 aromatic rings. The molecule has 1 aliphatic rings. The van der Waals surface area contributed by atoms with Gasteiger partial charge in [0.2, 0.25) is 0 Å². The fourth-order valence-electron chi connectivity index (χ4n) is 2.23. The van der Waals surface area contributed by atoms with Crippen LogP contribution in [0.4, 0.5) is 11.6 Å². The monoisotopic (exact) mass is 235 g/mol. The second-order valence-electron chi connectivity index (χ2n) is 4.48. The standard InChI is InChI=1S/C12H21N5/c1-2-17-7-6-10(9-17)8-14-11-4-3-5-12(15-11)16-13/h3-5,10H,2,6-9,13H2,1H3,(H2,14,15,16). The van der Waals surface area contributed by atoms with Crippen molar-refractivity contribution < 1.29 is 0 Å². The van der Waals surface area contributed by atoms with Crippen LogP contribution in [0, 0.1) is 5.92 Å². The number of nitrogens with zero attached hydrogens (tertiary/aromatic N) is 2. The average Bonchev–Trinajstić information content (AvgIpc) is 2.84. The van der Waals surface area contributed by atoms with Gasteiger partial charge in [-0.3, -0.25) is 0 Å². The molecular weight excluding hydrogens is 214 g/mol. The molecule has 0 amide bonds. The van der Waals surface area contributed by atoms with Crippen LogP contribution in [0.25, 0.3) is 0 Å². The predicted octanol–water partition coefficient (Wildman–Crippen LogP) is 1.12. The number of pyridine rings is 1. The minimum atomic E-state index is 0.691. The number of aromatic nitrogens is 1. The van der Waals surface area contributed by atoms with Gasteiger partial charge in [-0.2, -0.15) is 0 Å². The van der Waals surface area contributed by atoms with Gasteiger partial charge in [0.25, 0.3) is 0 Å². The molecule has 5 nitrogen and oxygen atoms in total. The highest BCUT2D eigenvalue weighted by Crippen LogP contribution is 2.16. The van der Waals surface area contributed by atoms with Crippen LogP contribution in [-0.2, 0) is 0 Å². The van der Waals surface area contributed by atoms with Crippen molar-refractivity contribution in [3.05, 3.63) is 18.2 Å². The molecule has 2 rings (SSSR count). The molecule has 17 heavy (non-hydrogen) atoms. The molecule has 2 heterocycles. The maximum absolute atomic E-state index is 5.33. The Hall–Kier alpha value is -1.33. The molecule has 94 valence electrons. The van der Waals surface area contributed by atoms with Crippen LogP contribution in [0.5, 0.6) is 0 Å². The zero-order chi connectivity index (χ0) is 12.1. The summed E-state index contributed by atoms with van der Waals surface area (Å²) in [7, 11) is 0. The second kappa shape index (κ2) is 5.84. The number of rotatable bonds is 5. The number of nitrogens with one attached hydrogen (secondary N) is 2. The van der Waals surface area contributed by atoms with Crippen LogP contribution in [0.2, 0.25) is 0 Å². The fraction of sp³-hybridized carbons (Fsp3) is 0.583. The van der Waals surface area contributed by atoms with Crippen molar-refractivity contribution in [2.24, 2.45) is 11.8 Å². The highest BCUT2D eigenvalue weighted by Gasteiger charge is 2.20. The Balaban J connectivity index is 1.81. The van der Waals surface area contributed by atoms with Crippen LogP contribution >= 0.6 is 0 Å². The molecule has 1 fully saturated rings. The Kier molecular flexibility index (Phi) is 4.17. The zero-order valence-electron chi connectivity index (χ0n) is 10.3. The van der Waals surface area contributed by atoms with Gasteiger partial charge in [-0.15, -0.1) is 0 Å². The van der Waals surface area contributed by atoms with Gasteiger partial charge in [-0.05, 0) is 37.6 Å². The number of nitrogens with two attached hydrogens (primary N) is 1. The molecule has 0 aliphatic carbocycles. The van der Waals surface area contributed by atoms with Crippen LogP contribution < -0.4 is 16.6 Å². The predicted molar refractivity (Wildman–Crippen MR) is 70.8 cm³/mol. The SMILES string of the molecule is CCN1CCC(CNc2cccc(NN)n2)C1. The van der Waals surface area contributed by atoms with Crippen molar-refractivity contribution in [1.29, 1.82) is 0 Å². The molecule has 4 N–H and O–H groups in total. The Morgan fingerprint density at radius 2 is 2.29 bits per heavy atom. The maximum Gasteiger partial charge on any atom is 0.142 e. The van der Waals surface area contributed by atoms with E-state index in [1.165, 1.54) is 19.5 Å². The Morgan fingerprint density at radius 3 is 3.00 bits per heavy atom. The second-order valence-corrected chi connectivity index (χ2v) is 4.48. The number of likely N-dealkylation sites (tertiary alicyclic amines) is 1. The van der Waals surface area contributed by atoms with Gasteiger partial charge < -0.3 is 15.6 Å². The van der Waals surface area contributed by atoms with Crippen LogP contribution in [0.1, 0.15) is 13.3 Å². The molecule has 0 bridgehead atoms. The van der Waals surface area contributed by atoms with Gasteiger partial charge in [0.05, 0.1) is 0 Å². The van der Waals surface area contributed by atoms with Crippen LogP contribution in [0.15, 0.2) is 18.2 Å². The summed E-state index contributed by atoms with van der Waals surface area (Å²) in [5, 5.41) is 3.37. The normalized spacial score (nSPS) is 20.5. The average molecular weight is 235 g/mol. The molecule has 1 unspecified atom stereocenters. The summed E-state index contributed by atoms with van der Waals surface area (Å²) in [5.41, 5.74) is 2.55.